The molecule has 0 spiro atoms. The van der Waals surface area contributed by atoms with Gasteiger partial charge in [0, 0.05) is 16.5 Å². The zero-order valence-electron chi connectivity index (χ0n) is 14.2. The second-order valence-corrected chi connectivity index (χ2v) is 6.41. The number of aromatic amines is 1. The molecule has 0 fully saturated rings. The molecule has 1 aliphatic rings. The Bertz CT molecular complexity index is 1030. The summed E-state index contributed by atoms with van der Waals surface area (Å²) in [6.45, 7) is 2.08. The molecule has 0 atom stereocenters. The second-order valence-electron chi connectivity index (χ2n) is 6.41. The van der Waals surface area contributed by atoms with E-state index in [2.05, 4.69) is 18.0 Å². The predicted octanol–water partition coefficient (Wildman–Crippen LogP) is 4.40. The third kappa shape index (κ3) is 2.50. The number of phenolic OH excluding ortho intramolecular Hbond substituents is 1. The van der Waals surface area contributed by atoms with E-state index in [1.807, 2.05) is 18.2 Å². The lowest BCUT2D eigenvalue weighted by atomic mass is 9.88. The predicted molar refractivity (Wildman–Crippen MR) is 98.3 cm³/mol. The van der Waals surface area contributed by atoms with Crippen molar-refractivity contribution in [2.75, 3.05) is 7.11 Å². The first-order valence-electron chi connectivity index (χ1n) is 8.31. The number of aromatic hydroxyl groups is 1. The summed E-state index contributed by atoms with van der Waals surface area (Å²) < 4.78 is 5.14. The molecule has 2 aromatic carbocycles. The lowest BCUT2D eigenvalue weighted by Crippen LogP contribution is -2.13. The minimum atomic E-state index is 0.0453. The largest absolute Gasteiger partial charge is 0.504 e. The Morgan fingerprint density at radius 2 is 2.04 bits per heavy atom. The molecular weight excluding hydrogens is 314 g/mol. The van der Waals surface area contributed by atoms with Gasteiger partial charge in [-0.1, -0.05) is 18.2 Å². The van der Waals surface area contributed by atoms with Gasteiger partial charge in [0.05, 0.1) is 12.8 Å². The summed E-state index contributed by atoms with van der Waals surface area (Å²) >= 11 is 0. The highest BCUT2D eigenvalue weighted by molar-refractivity contribution is 6.15. The molecule has 4 nitrogen and oxygen atoms in total. The number of carbonyl (C=O) groups is 1. The van der Waals surface area contributed by atoms with Gasteiger partial charge in [0.25, 0.3) is 0 Å². The maximum Gasteiger partial charge on any atom is 0.205 e. The van der Waals surface area contributed by atoms with E-state index in [0.29, 0.717) is 17.9 Å². The van der Waals surface area contributed by atoms with Crippen molar-refractivity contribution < 1.29 is 14.6 Å². The number of hydrogen-bond donors (Lipinski definition) is 2. The van der Waals surface area contributed by atoms with Crippen LogP contribution in [0.1, 0.15) is 33.6 Å². The van der Waals surface area contributed by atoms with E-state index in [1.54, 1.807) is 18.2 Å². The standard InChI is InChI=1S/C21H19NO3/c1-12-4-3-5-16-19(12)15-8-7-14(21(24)20(15)22-16)10-13-6-9-17(23)18(11-13)25-2/h3-6,9-11,22-23H,7-8H2,1-2H3/b14-10+. The topological polar surface area (TPSA) is 62.3 Å². The second kappa shape index (κ2) is 5.81. The number of nitrogens with one attached hydrogen (secondary N) is 1. The van der Waals surface area contributed by atoms with Crippen LogP contribution in [-0.4, -0.2) is 23.0 Å². The Hall–Kier alpha value is -3.01. The summed E-state index contributed by atoms with van der Waals surface area (Å²) in [4.78, 5) is 16.2. The number of rotatable bonds is 2. The third-order valence-electron chi connectivity index (χ3n) is 4.84. The van der Waals surface area contributed by atoms with Gasteiger partial charge in [-0.2, -0.15) is 0 Å². The van der Waals surface area contributed by atoms with E-state index in [4.69, 9.17) is 4.74 Å². The maximum atomic E-state index is 12.9. The first-order chi connectivity index (χ1) is 12.1. The van der Waals surface area contributed by atoms with E-state index < -0.39 is 0 Å². The Balaban J connectivity index is 1.77. The van der Waals surface area contributed by atoms with E-state index in [1.165, 1.54) is 18.1 Å². The fourth-order valence-corrected chi connectivity index (χ4v) is 3.61. The minimum Gasteiger partial charge on any atom is -0.504 e. The molecule has 0 bridgehead atoms. The molecule has 126 valence electrons. The Morgan fingerprint density at radius 3 is 2.84 bits per heavy atom. The fourth-order valence-electron chi connectivity index (χ4n) is 3.61. The van der Waals surface area contributed by atoms with Crippen LogP contribution >= 0.6 is 0 Å². The van der Waals surface area contributed by atoms with Gasteiger partial charge in [-0.15, -0.1) is 0 Å². The number of allylic oxidation sites excluding steroid dienone is 1. The molecule has 4 heteroatoms. The molecule has 0 saturated carbocycles. The van der Waals surface area contributed by atoms with Crippen LogP contribution in [0.5, 0.6) is 11.5 Å². The maximum absolute atomic E-state index is 12.9. The average Bonchev–Trinajstić information content (AvgIpc) is 3.00. The lowest BCUT2D eigenvalue weighted by molar-refractivity contribution is 0.102. The number of ether oxygens (including phenoxy) is 1. The zero-order chi connectivity index (χ0) is 17.6. The van der Waals surface area contributed by atoms with E-state index in [0.717, 1.165) is 28.6 Å². The Labute approximate surface area is 145 Å². The number of methoxy groups -OCH3 is 1. The van der Waals surface area contributed by atoms with Gasteiger partial charge in [-0.25, -0.2) is 0 Å². The van der Waals surface area contributed by atoms with Crippen LogP contribution in [0.4, 0.5) is 0 Å². The van der Waals surface area contributed by atoms with Crippen LogP contribution in [0, 0.1) is 6.92 Å². The summed E-state index contributed by atoms with van der Waals surface area (Å²) in [5.41, 5.74) is 5.65. The van der Waals surface area contributed by atoms with Gasteiger partial charge in [0.1, 0.15) is 0 Å². The molecule has 0 saturated heterocycles. The zero-order valence-corrected chi connectivity index (χ0v) is 14.2. The number of Topliss-reactive ketones (excluding diaryl/α,β-unsaturated/α-hetero) is 1. The van der Waals surface area contributed by atoms with Crippen LogP contribution in [0.3, 0.4) is 0 Å². The number of H-pyrrole nitrogens is 1. The van der Waals surface area contributed by atoms with Gasteiger partial charge in [0.2, 0.25) is 5.78 Å². The van der Waals surface area contributed by atoms with Crippen molar-refractivity contribution in [1.29, 1.82) is 0 Å². The molecule has 0 amide bonds. The molecule has 3 aromatic rings. The molecule has 1 aromatic heterocycles. The highest BCUT2D eigenvalue weighted by Crippen LogP contribution is 2.34. The number of hydrogen-bond acceptors (Lipinski definition) is 3. The van der Waals surface area contributed by atoms with Gasteiger partial charge < -0.3 is 14.8 Å². The van der Waals surface area contributed by atoms with Crippen molar-refractivity contribution in [3.63, 3.8) is 0 Å². The minimum absolute atomic E-state index is 0.0453. The normalized spacial score (nSPS) is 15.6. The van der Waals surface area contributed by atoms with Gasteiger partial charge >= 0.3 is 0 Å². The Kier molecular flexibility index (Phi) is 3.61. The quantitative estimate of drug-likeness (QED) is 0.683. The number of phenols is 1. The number of carbonyl (C=O) groups excluding carboxylic acids is 1. The van der Waals surface area contributed by atoms with Crippen molar-refractivity contribution in [2.45, 2.75) is 19.8 Å². The molecule has 0 aliphatic heterocycles. The Morgan fingerprint density at radius 1 is 1.20 bits per heavy atom. The fraction of sp³-hybridized carbons (Fsp3) is 0.190. The van der Waals surface area contributed by atoms with Gasteiger partial charge in [0.15, 0.2) is 11.5 Å². The SMILES string of the molecule is COc1cc(/C=C2\CCc3c([nH]c4cccc(C)c34)C2=O)ccc1O. The summed E-state index contributed by atoms with van der Waals surface area (Å²) in [6, 6.07) is 11.2. The molecule has 0 unspecified atom stereocenters. The van der Waals surface area contributed by atoms with Crippen LogP contribution in [0.25, 0.3) is 17.0 Å². The van der Waals surface area contributed by atoms with Crippen LogP contribution in [0.15, 0.2) is 42.0 Å². The smallest absolute Gasteiger partial charge is 0.205 e. The van der Waals surface area contributed by atoms with Crippen molar-refractivity contribution >= 4 is 22.8 Å². The van der Waals surface area contributed by atoms with Crippen molar-refractivity contribution in [3.05, 3.63) is 64.4 Å². The molecule has 0 radical (unpaired) electrons. The van der Waals surface area contributed by atoms with Crippen LogP contribution in [0.2, 0.25) is 0 Å². The summed E-state index contributed by atoms with van der Waals surface area (Å²) in [6.07, 6.45) is 3.43. The molecule has 25 heavy (non-hydrogen) atoms. The van der Waals surface area contributed by atoms with Crippen molar-refractivity contribution in [3.8, 4) is 11.5 Å². The van der Waals surface area contributed by atoms with Crippen LogP contribution in [-0.2, 0) is 6.42 Å². The van der Waals surface area contributed by atoms with Crippen molar-refractivity contribution in [2.24, 2.45) is 0 Å². The first-order valence-corrected chi connectivity index (χ1v) is 8.31. The molecule has 2 N–H and O–H groups in total. The molecular formula is C21H19NO3. The van der Waals surface area contributed by atoms with Crippen molar-refractivity contribution in [1.82, 2.24) is 4.98 Å². The molecule has 4 rings (SSSR count). The summed E-state index contributed by atoms with van der Waals surface area (Å²) in [7, 11) is 1.51. The first kappa shape index (κ1) is 15.5. The highest BCUT2D eigenvalue weighted by Gasteiger charge is 2.26. The number of fused-ring (bicyclic) bond motifs is 3. The van der Waals surface area contributed by atoms with Gasteiger partial charge in [-0.3, -0.25) is 4.79 Å². The average molecular weight is 333 g/mol. The lowest BCUT2D eigenvalue weighted by Gasteiger charge is -2.15. The monoisotopic (exact) mass is 333 g/mol. The van der Waals surface area contributed by atoms with E-state index in [-0.39, 0.29) is 11.5 Å². The van der Waals surface area contributed by atoms with E-state index >= 15 is 0 Å². The van der Waals surface area contributed by atoms with Gasteiger partial charge in [-0.05, 0) is 60.7 Å². The third-order valence-corrected chi connectivity index (χ3v) is 4.84. The number of aryl methyl sites for hydroxylation is 2. The highest BCUT2D eigenvalue weighted by atomic mass is 16.5. The number of aromatic nitrogens is 1. The van der Waals surface area contributed by atoms with Crippen LogP contribution < -0.4 is 4.74 Å². The summed E-state index contributed by atoms with van der Waals surface area (Å²) in [5.74, 6) is 0.538. The summed E-state index contributed by atoms with van der Waals surface area (Å²) in [5, 5.41) is 10.9. The van der Waals surface area contributed by atoms with E-state index in [9.17, 15) is 9.90 Å². The number of benzene rings is 2. The number of ketones is 1. The molecule has 1 aliphatic carbocycles. The molecule has 1 heterocycles.